The Bertz CT molecular complexity index is 974. The third-order valence-electron chi connectivity index (χ3n) is 3.12. The average Bonchev–Trinajstić information content (AvgIpc) is 3.05. The number of anilines is 1. The minimum absolute atomic E-state index is 0.0712. The molecule has 3 aromatic rings. The Balaban J connectivity index is 1.81. The molecule has 0 spiro atoms. The van der Waals surface area contributed by atoms with Crippen molar-refractivity contribution < 1.29 is 14.1 Å². The maximum atomic E-state index is 12.1. The Morgan fingerprint density at radius 1 is 1.16 bits per heavy atom. The number of hydrogen-bond donors (Lipinski definition) is 1. The molecule has 0 aliphatic rings. The monoisotopic (exact) mass is 378 g/mol. The van der Waals surface area contributed by atoms with Crippen molar-refractivity contribution in [1.29, 1.82) is 0 Å². The lowest BCUT2D eigenvalue weighted by Crippen LogP contribution is -2.12. The number of amides is 1. The van der Waals surface area contributed by atoms with Crippen molar-refractivity contribution in [3.8, 4) is 11.5 Å². The highest BCUT2D eigenvalue weighted by Crippen LogP contribution is 2.30. The van der Waals surface area contributed by atoms with Crippen LogP contribution in [0.4, 0.5) is 11.7 Å². The summed E-state index contributed by atoms with van der Waals surface area (Å²) >= 11 is 12.0. The lowest BCUT2D eigenvalue weighted by molar-refractivity contribution is -0.384. The molecule has 25 heavy (non-hydrogen) atoms. The first kappa shape index (κ1) is 16.9. The van der Waals surface area contributed by atoms with E-state index in [1.165, 1.54) is 18.2 Å². The van der Waals surface area contributed by atoms with Crippen molar-refractivity contribution in [1.82, 2.24) is 10.2 Å². The van der Waals surface area contributed by atoms with Crippen LogP contribution in [0.3, 0.4) is 0 Å². The maximum Gasteiger partial charge on any atom is 0.322 e. The molecule has 0 aliphatic carbocycles. The fraction of sp³-hybridized carbons (Fsp3) is 0. The first-order valence-electron chi connectivity index (χ1n) is 6.79. The zero-order chi connectivity index (χ0) is 18.0. The number of aromatic nitrogens is 2. The molecular formula is C15H8Cl2N4O4. The minimum Gasteiger partial charge on any atom is -0.403 e. The topological polar surface area (TPSA) is 111 Å². The molecule has 8 nitrogen and oxygen atoms in total. The molecule has 0 radical (unpaired) electrons. The molecular weight excluding hydrogens is 371 g/mol. The number of nitro benzene ring substituents is 1. The Labute approximate surface area is 150 Å². The van der Waals surface area contributed by atoms with Crippen LogP contribution in [0, 0.1) is 10.1 Å². The summed E-state index contributed by atoms with van der Waals surface area (Å²) in [6.45, 7) is 0. The summed E-state index contributed by atoms with van der Waals surface area (Å²) in [4.78, 5) is 22.3. The van der Waals surface area contributed by atoms with Gasteiger partial charge in [0.1, 0.15) is 0 Å². The van der Waals surface area contributed by atoms with Gasteiger partial charge in [0.05, 0.1) is 15.5 Å². The summed E-state index contributed by atoms with van der Waals surface area (Å²) in [5, 5.41) is 21.4. The zero-order valence-corrected chi connectivity index (χ0v) is 13.8. The standard InChI is InChI=1S/C15H8Cl2N4O4/c16-9-4-5-12(17)11(7-9)14-19-20-15(25-14)18-13(22)8-2-1-3-10(6-8)21(23)24/h1-7H,(H,18,20,22). The molecule has 0 saturated carbocycles. The van der Waals surface area contributed by atoms with Gasteiger partial charge in [-0.3, -0.25) is 20.2 Å². The van der Waals surface area contributed by atoms with Gasteiger partial charge >= 0.3 is 6.01 Å². The lowest BCUT2D eigenvalue weighted by atomic mass is 10.2. The van der Waals surface area contributed by atoms with Crippen molar-refractivity contribution in [3.05, 3.63) is 68.2 Å². The van der Waals surface area contributed by atoms with Crippen LogP contribution in [-0.4, -0.2) is 21.0 Å². The minimum atomic E-state index is -0.629. The number of nitrogens with zero attached hydrogens (tertiary/aromatic N) is 3. The number of nitro groups is 1. The summed E-state index contributed by atoms with van der Waals surface area (Å²) in [5.41, 5.74) is 0.289. The first-order valence-corrected chi connectivity index (χ1v) is 7.54. The second kappa shape index (κ2) is 6.88. The van der Waals surface area contributed by atoms with Crippen LogP contribution >= 0.6 is 23.2 Å². The Hall–Kier alpha value is -2.97. The highest BCUT2D eigenvalue weighted by Gasteiger charge is 2.16. The van der Waals surface area contributed by atoms with E-state index in [2.05, 4.69) is 15.5 Å². The molecule has 3 rings (SSSR count). The van der Waals surface area contributed by atoms with Gasteiger partial charge in [-0.15, -0.1) is 5.10 Å². The summed E-state index contributed by atoms with van der Waals surface area (Å²) in [5.74, 6) is -0.557. The van der Waals surface area contributed by atoms with Crippen molar-refractivity contribution >= 4 is 40.8 Å². The fourth-order valence-electron chi connectivity index (χ4n) is 1.97. The quantitative estimate of drug-likeness (QED) is 0.537. The molecule has 1 N–H and O–H groups in total. The molecule has 0 aliphatic heterocycles. The van der Waals surface area contributed by atoms with Gasteiger partial charge in [0, 0.05) is 22.7 Å². The van der Waals surface area contributed by atoms with Crippen LogP contribution in [-0.2, 0) is 0 Å². The molecule has 1 amide bonds. The largest absolute Gasteiger partial charge is 0.403 e. The fourth-order valence-corrected chi connectivity index (χ4v) is 2.34. The van der Waals surface area contributed by atoms with Crippen molar-refractivity contribution in [2.45, 2.75) is 0 Å². The third-order valence-corrected chi connectivity index (χ3v) is 3.69. The summed E-state index contributed by atoms with van der Waals surface area (Å²) in [7, 11) is 0. The smallest absolute Gasteiger partial charge is 0.322 e. The summed E-state index contributed by atoms with van der Waals surface area (Å²) in [6.07, 6.45) is 0. The number of hydrogen-bond acceptors (Lipinski definition) is 6. The summed E-state index contributed by atoms with van der Waals surface area (Å²) in [6, 6.07) is 9.79. The number of non-ortho nitro benzene ring substituents is 1. The van der Waals surface area contributed by atoms with Gasteiger partial charge in [-0.2, -0.15) is 0 Å². The van der Waals surface area contributed by atoms with E-state index in [-0.39, 0.29) is 23.2 Å². The van der Waals surface area contributed by atoms with E-state index in [9.17, 15) is 14.9 Å². The lowest BCUT2D eigenvalue weighted by Gasteiger charge is -2.01. The van der Waals surface area contributed by atoms with Gasteiger partial charge in [-0.1, -0.05) is 34.4 Å². The Kier molecular flexibility index (Phi) is 4.64. The van der Waals surface area contributed by atoms with Crippen LogP contribution in [0.2, 0.25) is 10.0 Å². The van der Waals surface area contributed by atoms with E-state index in [0.717, 1.165) is 6.07 Å². The van der Waals surface area contributed by atoms with Gasteiger partial charge in [-0.25, -0.2) is 0 Å². The highest BCUT2D eigenvalue weighted by molar-refractivity contribution is 6.35. The molecule has 1 aromatic heterocycles. The van der Waals surface area contributed by atoms with E-state index < -0.39 is 10.8 Å². The van der Waals surface area contributed by atoms with Crippen LogP contribution in [0.1, 0.15) is 10.4 Å². The highest BCUT2D eigenvalue weighted by atomic mass is 35.5. The van der Waals surface area contributed by atoms with Crippen LogP contribution in [0.25, 0.3) is 11.5 Å². The first-order chi connectivity index (χ1) is 11.9. The van der Waals surface area contributed by atoms with Crippen molar-refractivity contribution in [3.63, 3.8) is 0 Å². The zero-order valence-electron chi connectivity index (χ0n) is 12.3. The van der Waals surface area contributed by atoms with Crippen LogP contribution < -0.4 is 5.32 Å². The maximum absolute atomic E-state index is 12.1. The van der Waals surface area contributed by atoms with Gasteiger partial charge in [-0.05, 0) is 24.3 Å². The molecule has 0 bridgehead atoms. The number of halogens is 2. The molecule has 0 saturated heterocycles. The third kappa shape index (κ3) is 3.76. The van der Waals surface area contributed by atoms with Gasteiger partial charge in [0.15, 0.2) is 0 Å². The van der Waals surface area contributed by atoms with Gasteiger partial charge in [0.25, 0.3) is 17.5 Å². The predicted octanol–water partition coefficient (Wildman–Crippen LogP) is 4.20. The van der Waals surface area contributed by atoms with E-state index in [1.54, 1.807) is 18.2 Å². The van der Waals surface area contributed by atoms with Crippen LogP contribution in [0.5, 0.6) is 0 Å². The number of benzene rings is 2. The normalized spacial score (nSPS) is 10.5. The number of carbonyl (C=O) groups is 1. The van der Waals surface area contributed by atoms with E-state index in [1.807, 2.05) is 0 Å². The van der Waals surface area contributed by atoms with Crippen LogP contribution in [0.15, 0.2) is 46.9 Å². The molecule has 0 fully saturated rings. The van der Waals surface area contributed by atoms with Gasteiger partial charge in [0.2, 0.25) is 0 Å². The molecule has 0 unspecified atom stereocenters. The predicted molar refractivity (Wildman–Crippen MR) is 90.8 cm³/mol. The molecule has 0 atom stereocenters. The molecule has 126 valence electrons. The number of nitrogens with one attached hydrogen (secondary N) is 1. The van der Waals surface area contributed by atoms with E-state index in [4.69, 9.17) is 27.6 Å². The van der Waals surface area contributed by atoms with E-state index >= 15 is 0 Å². The Morgan fingerprint density at radius 3 is 2.72 bits per heavy atom. The second-order valence-corrected chi connectivity index (χ2v) is 5.64. The summed E-state index contributed by atoms with van der Waals surface area (Å²) < 4.78 is 5.34. The SMILES string of the molecule is O=C(Nc1nnc(-c2cc(Cl)ccc2Cl)o1)c1cccc([N+](=O)[O-])c1. The average molecular weight is 379 g/mol. The van der Waals surface area contributed by atoms with Crippen molar-refractivity contribution in [2.75, 3.05) is 5.32 Å². The number of rotatable bonds is 4. The van der Waals surface area contributed by atoms with E-state index in [0.29, 0.717) is 15.6 Å². The molecule has 10 heteroatoms. The van der Waals surface area contributed by atoms with Crippen molar-refractivity contribution in [2.24, 2.45) is 0 Å². The van der Waals surface area contributed by atoms with Gasteiger partial charge < -0.3 is 4.42 Å². The Morgan fingerprint density at radius 2 is 1.96 bits per heavy atom. The molecule has 1 heterocycles. The number of carbonyl (C=O) groups excluding carboxylic acids is 1. The molecule has 2 aromatic carbocycles. The second-order valence-electron chi connectivity index (χ2n) is 4.80.